The number of anilines is 1. The molecule has 0 spiro atoms. The van der Waals surface area contributed by atoms with Gasteiger partial charge in [-0.25, -0.2) is 9.97 Å². The predicted octanol–water partition coefficient (Wildman–Crippen LogP) is 1.81. The number of aryl methyl sites for hydroxylation is 1. The lowest BCUT2D eigenvalue weighted by Gasteiger charge is -2.13. The van der Waals surface area contributed by atoms with Gasteiger partial charge in [-0.1, -0.05) is 0 Å². The first kappa shape index (κ1) is 11.9. The van der Waals surface area contributed by atoms with E-state index in [1.54, 1.807) is 12.5 Å². The Balaban J connectivity index is 2.13. The fraction of sp³-hybridized carbons (Fsp3) is 0.500. The second kappa shape index (κ2) is 5.14. The summed E-state index contributed by atoms with van der Waals surface area (Å²) < 4.78 is 7.45. The quantitative estimate of drug-likeness (QED) is 0.857. The highest BCUT2D eigenvalue weighted by atomic mass is 16.5. The molecule has 92 valence electrons. The molecule has 1 N–H and O–H groups in total. The Morgan fingerprint density at radius 3 is 3.06 bits per heavy atom. The van der Waals surface area contributed by atoms with E-state index >= 15 is 0 Å². The SMILES string of the molecule is CCOC(C)CNc1nccc2c1ncn2C. The van der Waals surface area contributed by atoms with Crippen molar-refractivity contribution in [2.75, 3.05) is 18.5 Å². The van der Waals surface area contributed by atoms with Crippen LogP contribution in [0.1, 0.15) is 13.8 Å². The van der Waals surface area contributed by atoms with E-state index in [-0.39, 0.29) is 6.10 Å². The van der Waals surface area contributed by atoms with Crippen molar-refractivity contribution < 1.29 is 4.74 Å². The first-order valence-electron chi connectivity index (χ1n) is 5.84. The molecule has 0 radical (unpaired) electrons. The Kier molecular flexibility index (Phi) is 3.58. The molecule has 1 unspecified atom stereocenters. The standard InChI is InChI=1S/C12H18N4O/c1-4-17-9(2)7-14-12-11-10(5-6-13-12)16(3)8-15-11/h5-6,8-9H,4,7H2,1-3H3,(H,13,14). The summed E-state index contributed by atoms with van der Waals surface area (Å²) >= 11 is 0. The number of aromatic nitrogens is 3. The van der Waals surface area contributed by atoms with Gasteiger partial charge in [-0.15, -0.1) is 0 Å². The molecule has 2 heterocycles. The van der Waals surface area contributed by atoms with Gasteiger partial charge in [0.15, 0.2) is 5.82 Å². The van der Waals surface area contributed by atoms with E-state index in [0.717, 1.165) is 30.0 Å². The average Bonchev–Trinajstić information content (AvgIpc) is 2.70. The van der Waals surface area contributed by atoms with Gasteiger partial charge < -0.3 is 14.6 Å². The molecular weight excluding hydrogens is 216 g/mol. The summed E-state index contributed by atoms with van der Waals surface area (Å²) in [6, 6.07) is 1.96. The third-order valence-corrected chi connectivity index (χ3v) is 2.65. The Hall–Kier alpha value is -1.62. The van der Waals surface area contributed by atoms with Crippen LogP contribution in [-0.4, -0.2) is 33.8 Å². The third kappa shape index (κ3) is 2.55. The Morgan fingerprint density at radius 1 is 1.47 bits per heavy atom. The molecule has 1 atom stereocenters. The number of hydrogen-bond acceptors (Lipinski definition) is 4. The Labute approximate surface area is 101 Å². The molecule has 2 rings (SSSR count). The highest BCUT2D eigenvalue weighted by Crippen LogP contribution is 2.18. The van der Waals surface area contributed by atoms with Crippen molar-refractivity contribution in [2.24, 2.45) is 7.05 Å². The molecule has 0 bridgehead atoms. The van der Waals surface area contributed by atoms with Gasteiger partial charge in [-0.05, 0) is 19.9 Å². The molecule has 17 heavy (non-hydrogen) atoms. The maximum absolute atomic E-state index is 5.46. The zero-order chi connectivity index (χ0) is 12.3. The zero-order valence-electron chi connectivity index (χ0n) is 10.5. The number of nitrogens with zero attached hydrogens (tertiary/aromatic N) is 3. The Bertz CT molecular complexity index is 494. The van der Waals surface area contributed by atoms with Crippen molar-refractivity contribution in [3.63, 3.8) is 0 Å². The first-order valence-corrected chi connectivity index (χ1v) is 5.84. The van der Waals surface area contributed by atoms with Gasteiger partial charge in [0.2, 0.25) is 0 Å². The Morgan fingerprint density at radius 2 is 2.29 bits per heavy atom. The molecular formula is C12H18N4O. The van der Waals surface area contributed by atoms with Crippen molar-refractivity contribution in [1.29, 1.82) is 0 Å². The van der Waals surface area contributed by atoms with Crippen LogP contribution in [0, 0.1) is 0 Å². The summed E-state index contributed by atoms with van der Waals surface area (Å²) in [4.78, 5) is 8.65. The van der Waals surface area contributed by atoms with Gasteiger partial charge >= 0.3 is 0 Å². The molecule has 0 fully saturated rings. The van der Waals surface area contributed by atoms with Crippen LogP contribution in [0.2, 0.25) is 0 Å². The van der Waals surface area contributed by atoms with E-state index in [9.17, 15) is 0 Å². The van der Waals surface area contributed by atoms with Gasteiger partial charge in [0, 0.05) is 26.4 Å². The number of imidazole rings is 1. The molecule has 5 nitrogen and oxygen atoms in total. The predicted molar refractivity (Wildman–Crippen MR) is 68.1 cm³/mol. The van der Waals surface area contributed by atoms with Crippen LogP contribution in [0.4, 0.5) is 5.82 Å². The fourth-order valence-electron chi connectivity index (χ4n) is 1.78. The first-order chi connectivity index (χ1) is 8.22. The molecule has 0 saturated heterocycles. The van der Waals surface area contributed by atoms with E-state index in [1.807, 2.05) is 31.5 Å². The van der Waals surface area contributed by atoms with Crippen molar-refractivity contribution in [3.05, 3.63) is 18.6 Å². The lowest BCUT2D eigenvalue weighted by molar-refractivity contribution is 0.0855. The number of nitrogens with one attached hydrogen (secondary N) is 1. The van der Waals surface area contributed by atoms with E-state index in [2.05, 4.69) is 15.3 Å². The fourth-order valence-corrected chi connectivity index (χ4v) is 1.78. The summed E-state index contributed by atoms with van der Waals surface area (Å²) in [6.07, 6.45) is 3.75. The molecule has 0 aliphatic heterocycles. The zero-order valence-corrected chi connectivity index (χ0v) is 10.5. The largest absolute Gasteiger partial charge is 0.377 e. The lowest BCUT2D eigenvalue weighted by atomic mass is 10.3. The van der Waals surface area contributed by atoms with E-state index < -0.39 is 0 Å². The molecule has 5 heteroatoms. The maximum Gasteiger partial charge on any atom is 0.154 e. The third-order valence-electron chi connectivity index (χ3n) is 2.65. The average molecular weight is 234 g/mol. The van der Waals surface area contributed by atoms with E-state index in [0.29, 0.717) is 0 Å². The summed E-state index contributed by atoms with van der Waals surface area (Å²) in [5.41, 5.74) is 1.98. The minimum absolute atomic E-state index is 0.167. The summed E-state index contributed by atoms with van der Waals surface area (Å²) in [5, 5.41) is 3.27. The molecule has 0 saturated carbocycles. The van der Waals surface area contributed by atoms with Gasteiger partial charge in [0.1, 0.15) is 5.52 Å². The van der Waals surface area contributed by atoms with Crippen LogP contribution >= 0.6 is 0 Å². The smallest absolute Gasteiger partial charge is 0.154 e. The lowest BCUT2D eigenvalue weighted by Crippen LogP contribution is -2.20. The molecule has 0 aliphatic carbocycles. The molecule has 0 aromatic carbocycles. The number of ether oxygens (including phenoxy) is 1. The van der Waals surface area contributed by atoms with Crippen LogP contribution in [0.15, 0.2) is 18.6 Å². The van der Waals surface area contributed by atoms with Crippen LogP contribution in [0.5, 0.6) is 0 Å². The van der Waals surface area contributed by atoms with E-state index in [1.165, 1.54) is 0 Å². The van der Waals surface area contributed by atoms with Crippen molar-refractivity contribution in [2.45, 2.75) is 20.0 Å². The van der Waals surface area contributed by atoms with Gasteiger partial charge in [-0.3, -0.25) is 0 Å². The van der Waals surface area contributed by atoms with Crippen LogP contribution in [0.3, 0.4) is 0 Å². The second-order valence-corrected chi connectivity index (χ2v) is 4.03. The molecule has 0 amide bonds. The molecule has 2 aromatic heterocycles. The summed E-state index contributed by atoms with van der Waals surface area (Å²) in [5.74, 6) is 0.814. The molecule has 2 aromatic rings. The highest BCUT2D eigenvalue weighted by molar-refractivity contribution is 5.85. The van der Waals surface area contributed by atoms with Crippen molar-refractivity contribution >= 4 is 16.9 Å². The normalized spacial score (nSPS) is 12.9. The summed E-state index contributed by atoms with van der Waals surface area (Å²) in [7, 11) is 1.97. The van der Waals surface area contributed by atoms with Crippen LogP contribution in [-0.2, 0) is 11.8 Å². The topological polar surface area (TPSA) is 52.0 Å². The number of rotatable bonds is 5. The minimum Gasteiger partial charge on any atom is -0.377 e. The highest BCUT2D eigenvalue weighted by Gasteiger charge is 2.07. The van der Waals surface area contributed by atoms with Crippen LogP contribution in [0.25, 0.3) is 11.0 Å². The van der Waals surface area contributed by atoms with Crippen molar-refractivity contribution in [1.82, 2.24) is 14.5 Å². The maximum atomic E-state index is 5.46. The van der Waals surface area contributed by atoms with Gasteiger partial charge in [0.05, 0.1) is 17.9 Å². The molecule has 0 aliphatic rings. The van der Waals surface area contributed by atoms with E-state index in [4.69, 9.17) is 4.74 Å². The summed E-state index contributed by atoms with van der Waals surface area (Å²) in [6.45, 7) is 5.49. The number of hydrogen-bond donors (Lipinski definition) is 1. The monoisotopic (exact) mass is 234 g/mol. The number of pyridine rings is 1. The van der Waals surface area contributed by atoms with Gasteiger partial charge in [0.25, 0.3) is 0 Å². The minimum atomic E-state index is 0.167. The van der Waals surface area contributed by atoms with Crippen LogP contribution < -0.4 is 5.32 Å². The van der Waals surface area contributed by atoms with Gasteiger partial charge in [-0.2, -0.15) is 0 Å². The van der Waals surface area contributed by atoms with Crippen molar-refractivity contribution in [3.8, 4) is 0 Å². The second-order valence-electron chi connectivity index (χ2n) is 4.03. The number of fused-ring (bicyclic) bond motifs is 1.